The lowest BCUT2D eigenvalue weighted by molar-refractivity contribution is -0.121. The summed E-state index contributed by atoms with van der Waals surface area (Å²) in [4.78, 5) is 13.1. The van der Waals surface area contributed by atoms with Gasteiger partial charge in [-0.3, -0.25) is 4.79 Å². The summed E-state index contributed by atoms with van der Waals surface area (Å²) in [6.45, 7) is 0. The molecule has 0 bridgehead atoms. The average Bonchev–Trinajstić information content (AvgIpc) is 2.44. The summed E-state index contributed by atoms with van der Waals surface area (Å²) in [6.07, 6.45) is 4.67. The third kappa shape index (κ3) is 7.04. The van der Waals surface area contributed by atoms with Crippen LogP contribution < -0.4 is 11.1 Å². The van der Waals surface area contributed by atoms with E-state index in [0.29, 0.717) is 18.5 Å². The van der Waals surface area contributed by atoms with Crippen LogP contribution in [0, 0.1) is 0 Å². The van der Waals surface area contributed by atoms with Crippen molar-refractivity contribution in [3.63, 3.8) is 0 Å². The Morgan fingerprint density at radius 2 is 1.86 bits per heavy atom. The van der Waals surface area contributed by atoms with Crippen LogP contribution in [0.2, 0.25) is 0 Å². The molecule has 2 rings (SSSR count). The molecule has 1 fully saturated rings. The predicted molar refractivity (Wildman–Crippen MR) is 95.1 cm³/mol. The number of carbonyl (C=O) groups is 1. The van der Waals surface area contributed by atoms with Crippen LogP contribution in [0.5, 0.6) is 0 Å². The van der Waals surface area contributed by atoms with Gasteiger partial charge in [-0.25, -0.2) is 0 Å². The molecule has 1 aliphatic rings. The lowest BCUT2D eigenvalue weighted by Crippen LogP contribution is -2.40. The van der Waals surface area contributed by atoms with E-state index in [2.05, 4.69) is 33.4 Å². The number of hydrogen-bond donors (Lipinski definition) is 2. The van der Waals surface area contributed by atoms with Gasteiger partial charge in [-0.15, -0.1) is 24.2 Å². The first-order chi connectivity index (χ1) is 9.63. The summed E-state index contributed by atoms with van der Waals surface area (Å²) < 4.78 is 1.08. The van der Waals surface area contributed by atoms with E-state index in [4.69, 9.17) is 5.73 Å². The first-order valence-corrected chi connectivity index (χ1v) is 8.84. The third-order valence-electron chi connectivity index (χ3n) is 3.55. The van der Waals surface area contributed by atoms with E-state index in [1.807, 2.05) is 12.1 Å². The smallest absolute Gasteiger partial charge is 0.221 e. The molecule has 0 unspecified atom stereocenters. The van der Waals surface area contributed by atoms with Gasteiger partial charge in [0.15, 0.2) is 0 Å². The van der Waals surface area contributed by atoms with Crippen molar-refractivity contribution >= 4 is 46.0 Å². The number of rotatable bonds is 5. The fraction of sp³-hybridized carbons (Fsp3) is 0.533. The van der Waals surface area contributed by atoms with Gasteiger partial charge in [-0.05, 0) is 49.9 Å². The molecular formula is C15H22BrClN2OS. The maximum Gasteiger partial charge on any atom is 0.221 e. The summed E-state index contributed by atoms with van der Waals surface area (Å²) in [5.41, 5.74) is 5.86. The fourth-order valence-electron chi connectivity index (χ4n) is 2.36. The lowest BCUT2D eigenvalue weighted by Gasteiger charge is -2.26. The van der Waals surface area contributed by atoms with Crippen molar-refractivity contribution in [2.24, 2.45) is 5.73 Å². The molecule has 0 saturated heterocycles. The van der Waals surface area contributed by atoms with Gasteiger partial charge in [0.1, 0.15) is 0 Å². The molecule has 21 heavy (non-hydrogen) atoms. The van der Waals surface area contributed by atoms with Crippen LogP contribution in [0.25, 0.3) is 0 Å². The van der Waals surface area contributed by atoms with Crippen molar-refractivity contribution in [3.8, 4) is 0 Å². The molecule has 118 valence electrons. The van der Waals surface area contributed by atoms with Gasteiger partial charge in [0, 0.05) is 33.6 Å². The van der Waals surface area contributed by atoms with Crippen molar-refractivity contribution in [2.75, 3.05) is 5.75 Å². The van der Waals surface area contributed by atoms with E-state index in [1.165, 1.54) is 4.90 Å². The standard InChI is InChI=1S/C15H21BrN2OS.ClH/c16-11-1-7-14(8-2-11)20-10-9-15(19)18-13-5-3-12(17)4-6-13;/h1-2,7-8,12-13H,3-6,9-10,17H2,(H,18,19);1H. The minimum atomic E-state index is 0. The second-order valence-corrected chi connectivity index (χ2v) is 7.32. The Balaban J connectivity index is 0.00000220. The summed E-state index contributed by atoms with van der Waals surface area (Å²) in [6, 6.07) is 8.84. The first-order valence-electron chi connectivity index (χ1n) is 7.07. The molecular weight excluding hydrogens is 372 g/mol. The van der Waals surface area contributed by atoms with E-state index in [0.717, 1.165) is 35.9 Å². The Kier molecular flexibility index (Phi) is 8.71. The highest BCUT2D eigenvalue weighted by molar-refractivity contribution is 9.10. The van der Waals surface area contributed by atoms with Crippen LogP contribution in [0.3, 0.4) is 0 Å². The molecule has 1 aliphatic carbocycles. The molecule has 3 nitrogen and oxygen atoms in total. The summed E-state index contributed by atoms with van der Waals surface area (Å²) >= 11 is 5.13. The summed E-state index contributed by atoms with van der Waals surface area (Å²) in [5, 5.41) is 3.12. The molecule has 0 aromatic heterocycles. The van der Waals surface area contributed by atoms with Gasteiger partial charge >= 0.3 is 0 Å². The number of hydrogen-bond acceptors (Lipinski definition) is 3. The van der Waals surface area contributed by atoms with Gasteiger partial charge in [0.25, 0.3) is 0 Å². The molecule has 0 radical (unpaired) electrons. The van der Waals surface area contributed by atoms with Crippen LogP contribution in [0.4, 0.5) is 0 Å². The van der Waals surface area contributed by atoms with E-state index in [9.17, 15) is 4.79 Å². The third-order valence-corrected chi connectivity index (χ3v) is 5.09. The first kappa shape index (κ1) is 18.8. The van der Waals surface area contributed by atoms with Gasteiger partial charge in [0.05, 0.1) is 0 Å². The highest BCUT2D eigenvalue weighted by atomic mass is 79.9. The van der Waals surface area contributed by atoms with Crippen LogP contribution in [0.1, 0.15) is 32.1 Å². The zero-order valence-corrected chi connectivity index (χ0v) is 15.1. The van der Waals surface area contributed by atoms with Gasteiger partial charge in [0.2, 0.25) is 5.91 Å². The number of carbonyl (C=O) groups excluding carboxylic acids is 1. The molecule has 1 amide bonds. The van der Waals surface area contributed by atoms with Crippen molar-refractivity contribution < 1.29 is 4.79 Å². The van der Waals surface area contributed by atoms with Crippen LogP contribution in [-0.4, -0.2) is 23.7 Å². The minimum absolute atomic E-state index is 0. The molecule has 3 N–H and O–H groups in total. The predicted octanol–water partition coefficient (Wildman–Crippen LogP) is 3.74. The Morgan fingerprint density at radius 1 is 1.24 bits per heavy atom. The molecule has 1 aromatic rings. The van der Waals surface area contributed by atoms with E-state index in [-0.39, 0.29) is 18.3 Å². The molecule has 6 heteroatoms. The number of nitrogens with one attached hydrogen (secondary N) is 1. The molecule has 0 heterocycles. The maximum atomic E-state index is 11.9. The Hall–Kier alpha value is -0.230. The second-order valence-electron chi connectivity index (χ2n) is 5.23. The monoisotopic (exact) mass is 392 g/mol. The Morgan fingerprint density at radius 3 is 2.48 bits per heavy atom. The van der Waals surface area contributed by atoms with Crippen molar-refractivity contribution in [1.29, 1.82) is 0 Å². The van der Waals surface area contributed by atoms with E-state index >= 15 is 0 Å². The average molecular weight is 394 g/mol. The number of benzene rings is 1. The Bertz CT molecular complexity index is 436. The molecule has 0 spiro atoms. The summed E-state index contributed by atoms with van der Waals surface area (Å²) in [5.74, 6) is 0.981. The molecule has 0 atom stereocenters. The maximum absolute atomic E-state index is 11.9. The molecule has 1 saturated carbocycles. The quantitative estimate of drug-likeness (QED) is 0.749. The fourth-order valence-corrected chi connectivity index (χ4v) is 3.47. The van der Waals surface area contributed by atoms with Gasteiger partial charge in [-0.2, -0.15) is 0 Å². The normalized spacial score (nSPS) is 21.4. The van der Waals surface area contributed by atoms with Crippen molar-refractivity contribution in [2.45, 2.75) is 49.1 Å². The SMILES string of the molecule is Cl.NC1CCC(NC(=O)CCSc2ccc(Br)cc2)CC1. The van der Waals surface area contributed by atoms with Crippen LogP contribution >= 0.6 is 40.1 Å². The number of nitrogens with two attached hydrogens (primary N) is 1. The highest BCUT2D eigenvalue weighted by Gasteiger charge is 2.19. The minimum Gasteiger partial charge on any atom is -0.353 e. The topological polar surface area (TPSA) is 55.1 Å². The van der Waals surface area contributed by atoms with E-state index < -0.39 is 0 Å². The Labute approximate surface area is 145 Å². The number of amides is 1. The molecule has 1 aromatic carbocycles. The highest BCUT2D eigenvalue weighted by Crippen LogP contribution is 2.21. The zero-order valence-electron chi connectivity index (χ0n) is 11.9. The zero-order chi connectivity index (χ0) is 14.4. The van der Waals surface area contributed by atoms with Crippen molar-refractivity contribution in [1.82, 2.24) is 5.32 Å². The summed E-state index contributed by atoms with van der Waals surface area (Å²) in [7, 11) is 0. The van der Waals surface area contributed by atoms with Gasteiger partial charge in [-0.1, -0.05) is 15.9 Å². The number of halogens is 2. The van der Waals surface area contributed by atoms with Crippen LogP contribution in [-0.2, 0) is 4.79 Å². The number of thioether (sulfide) groups is 1. The van der Waals surface area contributed by atoms with Crippen molar-refractivity contribution in [3.05, 3.63) is 28.7 Å². The van der Waals surface area contributed by atoms with Crippen LogP contribution in [0.15, 0.2) is 33.6 Å². The lowest BCUT2D eigenvalue weighted by atomic mass is 9.92. The second kappa shape index (κ2) is 9.72. The van der Waals surface area contributed by atoms with Gasteiger partial charge < -0.3 is 11.1 Å². The molecule has 0 aliphatic heterocycles. The van der Waals surface area contributed by atoms with E-state index in [1.54, 1.807) is 11.8 Å². The largest absolute Gasteiger partial charge is 0.353 e.